The Balaban J connectivity index is 2.04. The highest BCUT2D eigenvalue weighted by atomic mass is 16.5. The van der Waals surface area contributed by atoms with Crippen molar-refractivity contribution in [1.82, 2.24) is 5.32 Å². The minimum absolute atomic E-state index is 0.0269. The molecule has 0 aliphatic rings. The van der Waals surface area contributed by atoms with E-state index in [1.54, 1.807) is 54.6 Å². The summed E-state index contributed by atoms with van der Waals surface area (Å²) in [5.41, 5.74) is 6.97. The van der Waals surface area contributed by atoms with Crippen LogP contribution >= 0.6 is 0 Å². The van der Waals surface area contributed by atoms with E-state index in [0.29, 0.717) is 36.1 Å². The van der Waals surface area contributed by atoms with E-state index in [4.69, 9.17) is 10.5 Å². The van der Waals surface area contributed by atoms with Crippen LogP contribution in [0.3, 0.4) is 0 Å². The molecule has 3 N–H and O–H groups in total. The molecule has 2 aromatic carbocycles. The maximum atomic E-state index is 12.7. The number of esters is 1. The van der Waals surface area contributed by atoms with Gasteiger partial charge in [-0.3, -0.25) is 9.59 Å². The molecule has 0 radical (unpaired) electrons. The van der Waals surface area contributed by atoms with Gasteiger partial charge in [0.2, 0.25) is 0 Å². The molecule has 0 aliphatic carbocycles. The van der Waals surface area contributed by atoms with Gasteiger partial charge in [0, 0.05) is 22.6 Å². The molecule has 0 fully saturated rings. The zero-order chi connectivity index (χ0) is 22.6. The molecule has 6 heteroatoms. The first-order valence-electron chi connectivity index (χ1n) is 10.5. The van der Waals surface area contributed by atoms with Crippen molar-refractivity contribution in [1.29, 1.82) is 0 Å². The number of rotatable bonds is 12. The number of hydrogen-bond donors (Lipinski definition) is 2. The van der Waals surface area contributed by atoms with Gasteiger partial charge in [-0.15, -0.1) is 6.58 Å². The monoisotopic (exact) mass is 422 g/mol. The van der Waals surface area contributed by atoms with Gasteiger partial charge in [0.1, 0.15) is 6.04 Å². The van der Waals surface area contributed by atoms with Crippen LogP contribution in [-0.4, -0.2) is 36.9 Å². The van der Waals surface area contributed by atoms with Gasteiger partial charge in [-0.2, -0.15) is 0 Å². The van der Waals surface area contributed by atoms with Crippen LogP contribution in [0.4, 0.5) is 0 Å². The molecule has 0 saturated carbocycles. The van der Waals surface area contributed by atoms with Crippen molar-refractivity contribution in [3.8, 4) is 0 Å². The molecular formula is C25H30N2O4. The Morgan fingerprint density at radius 3 is 2.23 bits per heavy atom. The number of amides is 1. The largest absolute Gasteiger partial charge is 0.464 e. The number of nitrogens with one attached hydrogen (secondary N) is 1. The molecule has 2 rings (SSSR count). The van der Waals surface area contributed by atoms with Crippen LogP contribution in [-0.2, 0) is 9.53 Å². The Morgan fingerprint density at radius 2 is 1.61 bits per heavy atom. The van der Waals surface area contributed by atoms with E-state index >= 15 is 0 Å². The first-order chi connectivity index (χ1) is 15.0. The second kappa shape index (κ2) is 12.4. The second-order valence-electron chi connectivity index (χ2n) is 7.43. The van der Waals surface area contributed by atoms with Crippen LogP contribution in [0.15, 0.2) is 67.3 Å². The predicted octanol–water partition coefficient (Wildman–Crippen LogP) is 3.51. The van der Waals surface area contributed by atoms with Crippen LogP contribution in [0.1, 0.15) is 52.5 Å². The Hall–Kier alpha value is -3.25. The van der Waals surface area contributed by atoms with Crippen LogP contribution in [0.25, 0.3) is 0 Å². The number of unbranched alkanes of at least 4 members (excludes halogenated alkanes) is 1. The van der Waals surface area contributed by atoms with Gasteiger partial charge in [-0.1, -0.05) is 55.5 Å². The molecule has 0 bridgehead atoms. The zero-order valence-corrected chi connectivity index (χ0v) is 17.9. The minimum atomic E-state index is -0.762. The van der Waals surface area contributed by atoms with Crippen molar-refractivity contribution in [2.45, 2.75) is 32.2 Å². The van der Waals surface area contributed by atoms with Gasteiger partial charge in [-0.05, 0) is 37.9 Å². The van der Waals surface area contributed by atoms with Crippen molar-refractivity contribution < 1.29 is 19.1 Å². The van der Waals surface area contributed by atoms with E-state index in [0.717, 1.165) is 6.42 Å². The maximum absolute atomic E-state index is 12.7. The molecule has 1 unspecified atom stereocenters. The number of nitrogens with two attached hydrogens (primary N) is 1. The molecule has 2 atom stereocenters. The number of benzene rings is 2. The summed E-state index contributed by atoms with van der Waals surface area (Å²) in [6.45, 7) is 6.29. The Kier molecular flexibility index (Phi) is 9.65. The quantitative estimate of drug-likeness (QED) is 0.236. The van der Waals surface area contributed by atoms with E-state index < -0.39 is 17.9 Å². The summed E-state index contributed by atoms with van der Waals surface area (Å²) in [4.78, 5) is 37.7. The van der Waals surface area contributed by atoms with Crippen molar-refractivity contribution in [3.05, 3.63) is 83.9 Å². The van der Waals surface area contributed by atoms with Gasteiger partial charge in [0.15, 0.2) is 5.78 Å². The smallest absolute Gasteiger partial charge is 0.328 e. The highest BCUT2D eigenvalue weighted by Crippen LogP contribution is 2.12. The average Bonchev–Trinajstić information content (AvgIpc) is 2.81. The highest BCUT2D eigenvalue weighted by molar-refractivity contribution is 6.09. The van der Waals surface area contributed by atoms with Crippen LogP contribution in [0.2, 0.25) is 0 Å². The van der Waals surface area contributed by atoms with Gasteiger partial charge < -0.3 is 15.8 Å². The molecule has 0 heterocycles. The lowest BCUT2D eigenvalue weighted by molar-refractivity contribution is -0.147. The molecule has 2 aromatic rings. The third-order valence-corrected chi connectivity index (χ3v) is 4.87. The minimum Gasteiger partial charge on any atom is -0.464 e. The lowest BCUT2D eigenvalue weighted by Gasteiger charge is -2.18. The summed E-state index contributed by atoms with van der Waals surface area (Å²) in [5.74, 6) is -0.966. The van der Waals surface area contributed by atoms with Gasteiger partial charge in [0.05, 0.1) is 6.61 Å². The molecular weight excluding hydrogens is 392 g/mol. The third kappa shape index (κ3) is 7.50. The standard InChI is InChI=1S/C25H30N2O4/c1-3-18(2)17-31-25(30)22(11-7-8-16-26)27-24(29)21-14-12-20(13-15-21)23(28)19-9-5-4-6-10-19/h3-6,9-10,12-15,18,22H,1,7-8,11,16-17,26H2,2H3,(H,27,29)/t18?,22-/m0/s1. The topological polar surface area (TPSA) is 98.5 Å². The molecule has 31 heavy (non-hydrogen) atoms. The molecule has 164 valence electrons. The summed E-state index contributed by atoms with van der Waals surface area (Å²) in [5, 5.41) is 2.75. The number of carbonyl (C=O) groups is 3. The fraction of sp³-hybridized carbons (Fsp3) is 0.320. The summed E-state index contributed by atoms with van der Waals surface area (Å²) in [6.07, 6.45) is 3.58. The summed E-state index contributed by atoms with van der Waals surface area (Å²) >= 11 is 0. The van der Waals surface area contributed by atoms with Gasteiger partial charge in [0.25, 0.3) is 5.91 Å². The lowest BCUT2D eigenvalue weighted by Crippen LogP contribution is -2.42. The van der Waals surface area contributed by atoms with Crippen molar-refractivity contribution in [2.24, 2.45) is 11.7 Å². The summed E-state index contributed by atoms with van der Waals surface area (Å²) < 4.78 is 5.32. The molecule has 0 aliphatic heterocycles. The molecule has 0 saturated heterocycles. The van der Waals surface area contributed by atoms with E-state index in [2.05, 4.69) is 11.9 Å². The van der Waals surface area contributed by atoms with E-state index in [1.165, 1.54) is 0 Å². The number of hydrogen-bond acceptors (Lipinski definition) is 5. The van der Waals surface area contributed by atoms with Crippen molar-refractivity contribution in [3.63, 3.8) is 0 Å². The van der Waals surface area contributed by atoms with E-state index in [9.17, 15) is 14.4 Å². The molecule has 0 spiro atoms. The third-order valence-electron chi connectivity index (χ3n) is 4.87. The van der Waals surface area contributed by atoms with Crippen molar-refractivity contribution in [2.75, 3.05) is 13.2 Å². The molecule has 1 amide bonds. The van der Waals surface area contributed by atoms with E-state index in [1.807, 2.05) is 13.0 Å². The first-order valence-corrected chi connectivity index (χ1v) is 10.5. The predicted molar refractivity (Wildman–Crippen MR) is 121 cm³/mol. The van der Waals surface area contributed by atoms with E-state index in [-0.39, 0.29) is 18.3 Å². The second-order valence-corrected chi connectivity index (χ2v) is 7.43. The number of ketones is 1. The Morgan fingerprint density at radius 1 is 1.00 bits per heavy atom. The average molecular weight is 423 g/mol. The molecule has 0 aromatic heterocycles. The van der Waals surface area contributed by atoms with Crippen molar-refractivity contribution >= 4 is 17.7 Å². The SMILES string of the molecule is C=CC(C)COC(=O)[C@H](CCCCN)NC(=O)c1ccc(C(=O)c2ccccc2)cc1. The summed E-state index contributed by atoms with van der Waals surface area (Å²) in [7, 11) is 0. The van der Waals surface area contributed by atoms with Crippen LogP contribution < -0.4 is 11.1 Å². The lowest BCUT2D eigenvalue weighted by atomic mass is 10.0. The van der Waals surface area contributed by atoms with Gasteiger partial charge in [-0.25, -0.2) is 4.79 Å². The van der Waals surface area contributed by atoms with Gasteiger partial charge >= 0.3 is 5.97 Å². The number of ether oxygens (including phenoxy) is 1. The fourth-order valence-corrected chi connectivity index (χ4v) is 2.89. The maximum Gasteiger partial charge on any atom is 0.328 e. The highest BCUT2D eigenvalue weighted by Gasteiger charge is 2.23. The summed E-state index contributed by atoms with van der Waals surface area (Å²) in [6, 6.07) is 14.5. The zero-order valence-electron chi connectivity index (χ0n) is 17.9. The number of carbonyl (C=O) groups excluding carboxylic acids is 3. The fourth-order valence-electron chi connectivity index (χ4n) is 2.89. The Labute approximate surface area is 183 Å². The first kappa shape index (κ1) is 24.0. The normalized spacial score (nSPS) is 12.5. The molecule has 6 nitrogen and oxygen atoms in total. The Bertz CT molecular complexity index is 878. The van der Waals surface area contributed by atoms with Crippen LogP contribution in [0.5, 0.6) is 0 Å². The van der Waals surface area contributed by atoms with Crippen LogP contribution in [0, 0.1) is 5.92 Å².